The van der Waals surface area contributed by atoms with Gasteiger partial charge in [-0.1, -0.05) is 48.9 Å². The molecule has 5 rings (SSSR count). The van der Waals surface area contributed by atoms with E-state index in [1.54, 1.807) is 6.07 Å². The molecule has 1 aliphatic rings. The van der Waals surface area contributed by atoms with Crippen LogP contribution in [0.4, 0.5) is 5.69 Å². The molecule has 2 aromatic heterocycles. The zero-order valence-corrected chi connectivity index (χ0v) is 22.2. The van der Waals surface area contributed by atoms with Gasteiger partial charge in [0.05, 0.1) is 6.04 Å². The maximum Gasteiger partial charge on any atom is 0.242 e. The van der Waals surface area contributed by atoms with Crippen LogP contribution in [0.1, 0.15) is 36.6 Å². The van der Waals surface area contributed by atoms with Crippen molar-refractivity contribution in [1.29, 1.82) is 0 Å². The molecule has 2 aromatic carbocycles. The van der Waals surface area contributed by atoms with Gasteiger partial charge in [0.15, 0.2) is 0 Å². The Balaban J connectivity index is 1.36. The summed E-state index contributed by atoms with van der Waals surface area (Å²) in [7, 11) is -3.65. The maximum atomic E-state index is 12.5. The van der Waals surface area contributed by atoms with E-state index in [0.717, 1.165) is 35.2 Å². The summed E-state index contributed by atoms with van der Waals surface area (Å²) in [5.74, 6) is 0.613. The molecule has 3 heterocycles. The van der Waals surface area contributed by atoms with Gasteiger partial charge in [0, 0.05) is 41.7 Å². The fourth-order valence-corrected chi connectivity index (χ4v) is 5.90. The number of ether oxygens (including phenoxy) is 1. The molecule has 0 radical (unpaired) electrons. The standard InChI is InChI=1S/C29H33N5O3S/c1-21-19-26(34-28(22-9-3-2-4-10-22)25-13-5-6-16-31-25)24-12-7-14-27(29(24)33-21)37-18-17-32-38(35,36)23-11-8-15-30-20-23/h2-4,7-12,14-15,19-20,25,28,31-32H,5-6,13,16-18H2,1H3,(H,33,34)/t25-,28-/m0/s1. The van der Waals surface area contributed by atoms with Crippen molar-refractivity contribution in [1.82, 2.24) is 20.0 Å². The van der Waals surface area contributed by atoms with Gasteiger partial charge in [0.1, 0.15) is 22.8 Å². The quantitative estimate of drug-likeness (QED) is 0.257. The highest BCUT2D eigenvalue weighted by molar-refractivity contribution is 7.89. The predicted molar refractivity (Wildman–Crippen MR) is 150 cm³/mol. The number of aromatic nitrogens is 2. The molecule has 0 bridgehead atoms. The molecular weight excluding hydrogens is 498 g/mol. The van der Waals surface area contributed by atoms with Gasteiger partial charge in [-0.2, -0.15) is 0 Å². The molecule has 0 unspecified atom stereocenters. The van der Waals surface area contributed by atoms with Crippen molar-refractivity contribution < 1.29 is 13.2 Å². The second-order valence-corrected chi connectivity index (χ2v) is 11.3. The molecule has 38 heavy (non-hydrogen) atoms. The lowest BCUT2D eigenvalue weighted by molar-refractivity contribution is 0.326. The molecule has 1 fully saturated rings. The predicted octanol–water partition coefficient (Wildman–Crippen LogP) is 4.59. The number of nitrogens with zero attached hydrogens (tertiary/aromatic N) is 2. The highest BCUT2D eigenvalue weighted by atomic mass is 32.2. The van der Waals surface area contributed by atoms with Crippen LogP contribution in [-0.2, 0) is 10.0 Å². The molecule has 0 aliphatic carbocycles. The minimum atomic E-state index is -3.65. The molecule has 3 N–H and O–H groups in total. The molecule has 1 saturated heterocycles. The van der Waals surface area contributed by atoms with Crippen LogP contribution >= 0.6 is 0 Å². The molecule has 0 spiro atoms. The third kappa shape index (κ3) is 6.12. The summed E-state index contributed by atoms with van der Waals surface area (Å²) >= 11 is 0. The Labute approximate surface area is 223 Å². The van der Waals surface area contributed by atoms with E-state index in [1.807, 2.05) is 31.2 Å². The molecule has 0 amide bonds. The molecule has 2 atom stereocenters. The van der Waals surface area contributed by atoms with Crippen LogP contribution < -0.4 is 20.1 Å². The number of hydrogen-bond donors (Lipinski definition) is 3. The zero-order valence-electron chi connectivity index (χ0n) is 21.4. The van der Waals surface area contributed by atoms with Crippen molar-refractivity contribution in [3.63, 3.8) is 0 Å². The summed E-state index contributed by atoms with van der Waals surface area (Å²) in [6.45, 7) is 3.28. The lowest BCUT2D eigenvalue weighted by Gasteiger charge is -2.33. The second kappa shape index (κ2) is 11.9. The Morgan fingerprint density at radius 3 is 2.71 bits per heavy atom. The first-order valence-corrected chi connectivity index (χ1v) is 14.5. The summed E-state index contributed by atoms with van der Waals surface area (Å²) < 4.78 is 33.5. The summed E-state index contributed by atoms with van der Waals surface area (Å²) in [4.78, 5) is 8.78. The molecule has 0 saturated carbocycles. The van der Waals surface area contributed by atoms with Crippen molar-refractivity contribution in [3.05, 3.63) is 90.4 Å². The summed E-state index contributed by atoms with van der Waals surface area (Å²) in [6.07, 6.45) is 6.38. The topological polar surface area (TPSA) is 105 Å². The number of hydrogen-bond acceptors (Lipinski definition) is 7. The smallest absolute Gasteiger partial charge is 0.242 e. The Kier molecular flexibility index (Phi) is 8.17. The molecular formula is C29H33N5O3S. The molecule has 8 nitrogen and oxygen atoms in total. The largest absolute Gasteiger partial charge is 0.490 e. The van der Waals surface area contributed by atoms with Gasteiger partial charge in [0.25, 0.3) is 0 Å². The van der Waals surface area contributed by atoms with Crippen LogP contribution in [0.15, 0.2) is 84.0 Å². The third-order valence-corrected chi connectivity index (χ3v) is 8.19. The fraction of sp³-hybridized carbons (Fsp3) is 0.310. The van der Waals surface area contributed by atoms with E-state index < -0.39 is 10.0 Å². The fourth-order valence-electron chi connectivity index (χ4n) is 4.92. The Hall–Kier alpha value is -3.53. The number of pyridine rings is 2. The molecule has 198 valence electrons. The second-order valence-electron chi connectivity index (χ2n) is 9.49. The number of piperidine rings is 1. The highest BCUT2D eigenvalue weighted by Gasteiger charge is 2.25. The average Bonchev–Trinajstić information content (AvgIpc) is 2.95. The van der Waals surface area contributed by atoms with Crippen LogP contribution in [0.5, 0.6) is 5.75 Å². The highest BCUT2D eigenvalue weighted by Crippen LogP contribution is 2.34. The monoisotopic (exact) mass is 531 g/mol. The zero-order chi connectivity index (χ0) is 26.4. The van der Waals surface area contributed by atoms with Gasteiger partial charge in [-0.15, -0.1) is 0 Å². The van der Waals surface area contributed by atoms with Crippen molar-refractivity contribution >= 4 is 26.6 Å². The van der Waals surface area contributed by atoms with Gasteiger partial charge >= 0.3 is 0 Å². The third-order valence-electron chi connectivity index (χ3n) is 6.75. The van der Waals surface area contributed by atoms with Gasteiger partial charge < -0.3 is 15.4 Å². The van der Waals surface area contributed by atoms with Crippen molar-refractivity contribution in [2.24, 2.45) is 0 Å². The average molecular weight is 532 g/mol. The number of nitrogens with one attached hydrogen (secondary N) is 3. The molecule has 4 aromatic rings. The van der Waals surface area contributed by atoms with Gasteiger partial charge in [-0.05, 0) is 56.1 Å². The van der Waals surface area contributed by atoms with Crippen LogP contribution in [0.25, 0.3) is 10.9 Å². The summed E-state index contributed by atoms with van der Waals surface area (Å²) in [5, 5.41) is 8.49. The van der Waals surface area contributed by atoms with E-state index in [1.165, 1.54) is 36.9 Å². The normalized spacial score (nSPS) is 16.7. The number of fused-ring (bicyclic) bond motifs is 1. The van der Waals surface area contributed by atoms with Gasteiger partial charge in [0.2, 0.25) is 10.0 Å². The van der Waals surface area contributed by atoms with E-state index >= 15 is 0 Å². The Morgan fingerprint density at radius 2 is 1.95 bits per heavy atom. The number of aryl methyl sites for hydroxylation is 1. The van der Waals surface area contributed by atoms with E-state index in [4.69, 9.17) is 9.72 Å². The van der Waals surface area contributed by atoms with Crippen LogP contribution in [0.3, 0.4) is 0 Å². The van der Waals surface area contributed by atoms with E-state index in [9.17, 15) is 8.42 Å². The number of anilines is 1. The van der Waals surface area contributed by atoms with Crippen LogP contribution in [0, 0.1) is 6.92 Å². The first-order chi connectivity index (χ1) is 18.5. The summed E-state index contributed by atoms with van der Waals surface area (Å²) in [6, 6.07) is 22.0. The number of benzene rings is 2. The van der Waals surface area contributed by atoms with Crippen LogP contribution in [-0.4, -0.2) is 44.1 Å². The first-order valence-electron chi connectivity index (χ1n) is 13.0. The molecule has 1 aliphatic heterocycles. The van der Waals surface area contributed by atoms with E-state index in [2.05, 4.69) is 50.7 Å². The maximum absolute atomic E-state index is 12.5. The lowest BCUT2D eigenvalue weighted by atomic mass is 9.92. The van der Waals surface area contributed by atoms with Gasteiger partial charge in [-0.25, -0.2) is 18.1 Å². The number of rotatable bonds is 10. The molecule has 9 heteroatoms. The Bertz CT molecular complexity index is 1460. The minimum absolute atomic E-state index is 0.105. The van der Waals surface area contributed by atoms with Gasteiger partial charge in [-0.3, -0.25) is 4.98 Å². The summed E-state index contributed by atoms with van der Waals surface area (Å²) in [5.41, 5.74) is 3.85. The Morgan fingerprint density at radius 1 is 1.08 bits per heavy atom. The number of sulfonamides is 1. The van der Waals surface area contributed by atoms with Crippen LogP contribution in [0.2, 0.25) is 0 Å². The lowest BCUT2D eigenvalue weighted by Crippen LogP contribution is -2.41. The first kappa shape index (κ1) is 26.1. The van der Waals surface area contributed by atoms with Crippen molar-refractivity contribution in [2.75, 3.05) is 25.0 Å². The minimum Gasteiger partial charge on any atom is -0.490 e. The van der Waals surface area contributed by atoms with E-state index in [-0.39, 0.29) is 24.1 Å². The van der Waals surface area contributed by atoms with E-state index in [0.29, 0.717) is 11.8 Å². The number of para-hydroxylation sites is 1. The van der Waals surface area contributed by atoms with Crippen molar-refractivity contribution in [3.8, 4) is 5.75 Å². The SMILES string of the molecule is Cc1cc(N[C@@H](c2ccccc2)[C@@H]2CCCCN2)c2cccc(OCCNS(=O)(=O)c3cccnc3)c2n1. The van der Waals surface area contributed by atoms with Crippen molar-refractivity contribution in [2.45, 2.75) is 43.2 Å².